The van der Waals surface area contributed by atoms with Gasteiger partial charge in [-0.25, -0.2) is 12.7 Å². The molecular weight excluding hydrogens is 408 g/mol. The van der Waals surface area contributed by atoms with Crippen LogP contribution in [-0.2, 0) is 14.8 Å². The van der Waals surface area contributed by atoms with Crippen molar-refractivity contribution in [3.8, 4) is 11.5 Å². The van der Waals surface area contributed by atoms with Gasteiger partial charge in [0.05, 0.1) is 30.5 Å². The third kappa shape index (κ3) is 4.56. The molecule has 2 aromatic carbocycles. The number of benzene rings is 2. The summed E-state index contributed by atoms with van der Waals surface area (Å²) in [4.78, 5) is 24.7. The van der Waals surface area contributed by atoms with Gasteiger partial charge < -0.3 is 14.8 Å². The van der Waals surface area contributed by atoms with Gasteiger partial charge in [0, 0.05) is 5.56 Å². The summed E-state index contributed by atoms with van der Waals surface area (Å²) in [5.41, 5.74) is -0.393. The third-order valence-electron chi connectivity index (χ3n) is 4.66. The van der Waals surface area contributed by atoms with E-state index >= 15 is 0 Å². The van der Waals surface area contributed by atoms with E-state index in [9.17, 15) is 18.0 Å². The molecule has 160 valence electrons. The van der Waals surface area contributed by atoms with E-state index < -0.39 is 21.3 Å². The van der Waals surface area contributed by atoms with Crippen molar-refractivity contribution < 1.29 is 27.5 Å². The van der Waals surface area contributed by atoms with E-state index in [0.29, 0.717) is 17.9 Å². The maximum Gasteiger partial charge on any atom is 0.251 e. The van der Waals surface area contributed by atoms with Gasteiger partial charge in [-0.2, -0.15) is 0 Å². The Morgan fingerprint density at radius 1 is 1.07 bits per heavy atom. The third-order valence-corrected chi connectivity index (χ3v) is 6.68. The van der Waals surface area contributed by atoms with E-state index in [1.165, 1.54) is 24.3 Å². The van der Waals surface area contributed by atoms with Gasteiger partial charge in [0.25, 0.3) is 5.91 Å². The normalized spacial score (nSPS) is 16.9. The summed E-state index contributed by atoms with van der Waals surface area (Å²) < 4.78 is 36.1. The quantitative estimate of drug-likeness (QED) is 0.673. The fourth-order valence-corrected chi connectivity index (χ4v) is 5.22. The number of nitrogens with one attached hydrogen (secondary N) is 1. The number of methoxy groups -OCH3 is 1. The minimum Gasteiger partial charge on any atom is -0.497 e. The monoisotopic (exact) mass is 432 g/mol. The van der Waals surface area contributed by atoms with Crippen LogP contribution in [0.15, 0.2) is 48.5 Å². The molecule has 0 saturated carbocycles. The Labute approximate surface area is 175 Å². The topological polar surface area (TPSA) is 102 Å². The number of rotatable bonds is 7. The summed E-state index contributed by atoms with van der Waals surface area (Å²) in [7, 11) is -2.14. The smallest absolute Gasteiger partial charge is 0.251 e. The number of hydrogen-bond donors (Lipinski definition) is 1. The summed E-state index contributed by atoms with van der Waals surface area (Å²) in [6.45, 7) is 3.77. The van der Waals surface area contributed by atoms with E-state index in [1.54, 1.807) is 45.2 Å². The lowest BCUT2D eigenvalue weighted by Crippen LogP contribution is -2.33. The van der Waals surface area contributed by atoms with E-state index in [4.69, 9.17) is 9.47 Å². The molecule has 1 fully saturated rings. The van der Waals surface area contributed by atoms with E-state index in [1.807, 2.05) is 0 Å². The van der Waals surface area contributed by atoms with Crippen LogP contribution in [0.25, 0.3) is 0 Å². The minimum atomic E-state index is -3.72. The van der Waals surface area contributed by atoms with E-state index in [0.717, 1.165) is 10.1 Å². The van der Waals surface area contributed by atoms with Crippen molar-refractivity contribution in [2.75, 3.05) is 30.3 Å². The van der Waals surface area contributed by atoms with Crippen LogP contribution in [0.2, 0.25) is 0 Å². The average molecular weight is 432 g/mol. The number of sulfonamides is 1. The average Bonchev–Trinajstić information content (AvgIpc) is 2.88. The van der Waals surface area contributed by atoms with Gasteiger partial charge in [0.15, 0.2) is 0 Å². The highest BCUT2D eigenvalue weighted by atomic mass is 32.2. The molecule has 2 amide bonds. The van der Waals surface area contributed by atoms with Crippen LogP contribution >= 0.6 is 0 Å². The lowest BCUT2D eigenvalue weighted by molar-refractivity contribution is -0.123. The van der Waals surface area contributed by atoms with Crippen LogP contribution in [0.4, 0.5) is 5.69 Å². The van der Waals surface area contributed by atoms with Crippen molar-refractivity contribution in [3.63, 3.8) is 0 Å². The highest BCUT2D eigenvalue weighted by molar-refractivity contribution is 7.94. The second kappa shape index (κ2) is 8.35. The van der Waals surface area contributed by atoms with Gasteiger partial charge in [-0.05, 0) is 62.4 Å². The first-order valence-corrected chi connectivity index (χ1v) is 11.0. The van der Waals surface area contributed by atoms with Crippen molar-refractivity contribution in [1.29, 1.82) is 0 Å². The van der Waals surface area contributed by atoms with Crippen molar-refractivity contribution in [1.82, 2.24) is 5.32 Å². The summed E-state index contributed by atoms with van der Waals surface area (Å²) in [6.07, 6.45) is 0. The zero-order chi connectivity index (χ0) is 21.9. The Kier molecular flexibility index (Phi) is 6.02. The Bertz CT molecular complexity index is 1030. The van der Waals surface area contributed by atoms with Crippen LogP contribution < -0.4 is 19.1 Å². The standard InChI is InChI=1S/C21H24N2O6S/c1-21(2)14-30(26,27)23(20(21)25)16-6-4-15(5-7-16)19(24)22-12-13-29-18-10-8-17(28-3)9-11-18/h4-11H,12-14H2,1-3H3,(H,22,24). The van der Waals surface area contributed by atoms with Crippen molar-refractivity contribution in [2.24, 2.45) is 5.41 Å². The van der Waals surface area contributed by atoms with Crippen molar-refractivity contribution in [2.45, 2.75) is 13.8 Å². The zero-order valence-electron chi connectivity index (χ0n) is 17.0. The molecule has 9 heteroatoms. The number of carbonyl (C=O) groups is 2. The lowest BCUT2D eigenvalue weighted by Gasteiger charge is -2.17. The molecule has 1 aliphatic heterocycles. The maximum atomic E-state index is 12.4. The largest absolute Gasteiger partial charge is 0.497 e. The van der Waals surface area contributed by atoms with Gasteiger partial charge >= 0.3 is 0 Å². The first kappa shape index (κ1) is 21.6. The van der Waals surface area contributed by atoms with E-state index in [-0.39, 0.29) is 24.0 Å². The molecule has 0 atom stereocenters. The Hall–Kier alpha value is -3.07. The Balaban J connectivity index is 1.55. The first-order chi connectivity index (χ1) is 14.1. The fourth-order valence-electron chi connectivity index (χ4n) is 3.12. The summed E-state index contributed by atoms with van der Waals surface area (Å²) in [5.74, 6) is 0.348. The number of carbonyl (C=O) groups excluding carboxylic acids is 2. The molecule has 0 bridgehead atoms. The summed E-state index contributed by atoms with van der Waals surface area (Å²) in [6, 6.07) is 13.0. The lowest BCUT2D eigenvalue weighted by atomic mass is 9.95. The predicted molar refractivity (Wildman–Crippen MR) is 112 cm³/mol. The molecule has 0 unspecified atom stereocenters. The number of amides is 2. The highest BCUT2D eigenvalue weighted by Gasteiger charge is 2.49. The molecule has 2 aromatic rings. The van der Waals surface area contributed by atoms with Crippen LogP contribution in [0, 0.1) is 5.41 Å². The molecule has 1 N–H and O–H groups in total. The second-order valence-electron chi connectivity index (χ2n) is 7.54. The van der Waals surface area contributed by atoms with Crippen LogP contribution in [0.1, 0.15) is 24.2 Å². The molecule has 1 heterocycles. The van der Waals surface area contributed by atoms with Crippen LogP contribution in [-0.4, -0.2) is 46.2 Å². The molecule has 1 aliphatic rings. The Morgan fingerprint density at radius 3 is 2.20 bits per heavy atom. The van der Waals surface area contributed by atoms with Gasteiger partial charge in [-0.3, -0.25) is 9.59 Å². The second-order valence-corrected chi connectivity index (χ2v) is 9.35. The van der Waals surface area contributed by atoms with Crippen molar-refractivity contribution >= 4 is 27.5 Å². The molecule has 30 heavy (non-hydrogen) atoms. The molecule has 0 radical (unpaired) electrons. The highest BCUT2D eigenvalue weighted by Crippen LogP contribution is 2.35. The van der Waals surface area contributed by atoms with Gasteiger partial charge in [0.1, 0.15) is 18.1 Å². The minimum absolute atomic E-state index is 0.227. The first-order valence-electron chi connectivity index (χ1n) is 9.37. The number of hydrogen-bond acceptors (Lipinski definition) is 6. The summed E-state index contributed by atoms with van der Waals surface area (Å²) >= 11 is 0. The molecule has 1 saturated heterocycles. The molecule has 0 spiro atoms. The maximum absolute atomic E-state index is 12.4. The van der Waals surface area contributed by atoms with Gasteiger partial charge in [-0.1, -0.05) is 0 Å². The number of nitrogens with zero attached hydrogens (tertiary/aromatic N) is 1. The molecule has 0 aliphatic carbocycles. The predicted octanol–water partition coefficient (Wildman–Crippen LogP) is 2.21. The number of anilines is 1. The SMILES string of the molecule is COc1ccc(OCCNC(=O)c2ccc(N3C(=O)C(C)(C)CS3(=O)=O)cc2)cc1. The summed E-state index contributed by atoms with van der Waals surface area (Å²) in [5, 5.41) is 2.73. The van der Waals surface area contributed by atoms with Crippen molar-refractivity contribution in [3.05, 3.63) is 54.1 Å². The van der Waals surface area contributed by atoms with Gasteiger partial charge in [0.2, 0.25) is 15.9 Å². The molecule has 0 aromatic heterocycles. The molecule has 8 nitrogen and oxygen atoms in total. The molecular formula is C21H24N2O6S. The molecule has 3 rings (SSSR count). The Morgan fingerprint density at radius 2 is 1.67 bits per heavy atom. The van der Waals surface area contributed by atoms with Crippen LogP contribution in [0.5, 0.6) is 11.5 Å². The zero-order valence-corrected chi connectivity index (χ0v) is 17.9. The van der Waals surface area contributed by atoms with Gasteiger partial charge in [-0.15, -0.1) is 0 Å². The van der Waals surface area contributed by atoms with E-state index in [2.05, 4.69) is 5.32 Å². The fraction of sp³-hybridized carbons (Fsp3) is 0.333. The number of ether oxygens (including phenoxy) is 2. The van der Waals surface area contributed by atoms with Crippen LogP contribution in [0.3, 0.4) is 0 Å².